The molecule has 16 atom stereocenters. The van der Waals surface area contributed by atoms with Crippen molar-refractivity contribution in [3.8, 4) is 5.75 Å². The zero-order valence-electron chi connectivity index (χ0n) is 70.5. The van der Waals surface area contributed by atoms with Gasteiger partial charge in [-0.05, 0) is 114 Å². The highest BCUT2D eigenvalue weighted by atomic mass is 16.3. The molecule has 3 rings (SSSR count). The third-order valence-electron chi connectivity index (χ3n) is 18.6. The maximum atomic E-state index is 14.2. The van der Waals surface area contributed by atoms with Crippen LogP contribution < -0.4 is 102 Å². The van der Waals surface area contributed by atoms with E-state index in [1.807, 2.05) is 0 Å². The van der Waals surface area contributed by atoms with Gasteiger partial charge < -0.3 is 122 Å². The Bertz CT molecular complexity index is 3970. The van der Waals surface area contributed by atoms with Crippen LogP contribution in [0.5, 0.6) is 5.75 Å². The molecule has 120 heavy (non-hydrogen) atoms. The summed E-state index contributed by atoms with van der Waals surface area (Å²) in [5.41, 5.74) is 18.4. The van der Waals surface area contributed by atoms with E-state index >= 15 is 0 Å². The van der Waals surface area contributed by atoms with Gasteiger partial charge in [-0.3, -0.25) is 86.3 Å². The number of H-pyrrole nitrogens is 2. The molecule has 0 saturated carbocycles. The smallest absolute Gasteiger partial charge is 0.245 e. The molecule has 2 aromatic heterocycles. The third kappa shape index (κ3) is 37.2. The second kappa shape index (κ2) is 50.6. The maximum absolute atomic E-state index is 14.2. The first kappa shape index (κ1) is 102. The zero-order chi connectivity index (χ0) is 90.5. The molecule has 0 radical (unpaired) electrons. The lowest BCUT2D eigenvalue weighted by Gasteiger charge is -2.29. The van der Waals surface area contributed by atoms with E-state index in [4.69, 9.17) is 17.2 Å². The molecule has 3 aromatic rings. The summed E-state index contributed by atoms with van der Waals surface area (Å²) in [6.07, 6.45) is 3.25. The van der Waals surface area contributed by atoms with Crippen LogP contribution in [0.3, 0.4) is 0 Å². The summed E-state index contributed by atoms with van der Waals surface area (Å²) < 4.78 is 0. The molecule has 1 aromatic carbocycles. The average molecular weight is 1690 g/mol. The number of aliphatic hydroxyl groups is 1. The van der Waals surface area contributed by atoms with Gasteiger partial charge in [-0.2, -0.15) is 0 Å². The molecule has 26 N–H and O–H groups in total. The summed E-state index contributed by atoms with van der Waals surface area (Å²) in [7, 11) is 0. The molecule has 0 aliphatic carbocycles. The molecule has 0 bridgehead atoms. The number of hydrogen-bond acceptors (Lipinski definition) is 23. The highest BCUT2D eigenvalue weighted by Gasteiger charge is 2.38. The number of carbonyl (C=O) groups is 18. The van der Waals surface area contributed by atoms with Crippen LogP contribution in [0.25, 0.3) is 0 Å². The number of amides is 18. The Labute approximate surface area is 695 Å². The second-order valence-corrected chi connectivity index (χ2v) is 31.4. The molecule has 43 nitrogen and oxygen atoms in total. The van der Waals surface area contributed by atoms with E-state index < -0.39 is 229 Å². The predicted molar refractivity (Wildman–Crippen MR) is 433 cm³/mol. The minimum atomic E-state index is -1.79. The van der Waals surface area contributed by atoms with Gasteiger partial charge in [-0.1, -0.05) is 87.8 Å². The number of primary amides is 2. The van der Waals surface area contributed by atoms with Crippen molar-refractivity contribution >= 4 is 106 Å². The molecule has 0 unspecified atom stereocenters. The minimum absolute atomic E-state index is 0.0261. The third-order valence-corrected chi connectivity index (χ3v) is 18.6. The number of phenols is 1. The molecule has 2 heterocycles. The van der Waals surface area contributed by atoms with Crippen LogP contribution in [-0.4, -0.2) is 247 Å². The van der Waals surface area contributed by atoms with E-state index in [2.05, 4.69) is 105 Å². The minimum Gasteiger partial charge on any atom is -0.508 e. The largest absolute Gasteiger partial charge is 0.508 e. The van der Waals surface area contributed by atoms with E-state index in [0.717, 1.165) is 0 Å². The van der Waals surface area contributed by atoms with Gasteiger partial charge in [0.15, 0.2) is 0 Å². The zero-order valence-corrected chi connectivity index (χ0v) is 70.5. The summed E-state index contributed by atoms with van der Waals surface area (Å²) in [6.45, 7) is 21.7. The lowest BCUT2D eigenvalue weighted by atomic mass is 9.96. The number of aliphatic hydroxyl groups excluding tert-OH is 1. The molecule has 18 amide bonds. The Balaban J connectivity index is 1.62. The lowest BCUT2D eigenvalue weighted by molar-refractivity contribution is -0.136. The summed E-state index contributed by atoms with van der Waals surface area (Å²) in [5.74, 6) is -17.3. The predicted octanol–water partition coefficient (Wildman–Crippen LogP) is -6.10. The number of imidazole rings is 2. The Morgan fingerprint density at radius 2 is 0.725 bits per heavy atom. The SMILES string of the molecule is CC[C@H](C)[C@H](NC(=O)CNC(=O)[C@H](C)NC(=O)[C@H](C)NC(=O)[C@H](Cc1cnc[nH]1)NC(=O)[C@H](CC(N)=O)NC(=O)CNC(=O)[C@H](C)NC(=O)CNC(=O)[C@H](Cc1cnc[nH]1)NC(=O)[C@H](CC(C)C)NC(=O)[C@H](CC(C)C)NC(=O)[C@H](C)NC(=O)[C@@H](N)Cc1ccc(O)cc1)C(=O)N[C@@H](CC(C)C)C(=O)N[C@H](C(=O)N[C@@H](CC(C)C)C(N)=O)[C@@H](C)O. The number of nitrogens with one attached hydrogen (secondary N) is 18. The van der Waals surface area contributed by atoms with Gasteiger partial charge in [0.25, 0.3) is 0 Å². The number of phenolic OH excluding ortho intramolecular Hbond substituents is 1. The van der Waals surface area contributed by atoms with Crippen LogP contribution in [-0.2, 0) is 106 Å². The molecule has 0 aliphatic heterocycles. The number of aromatic amines is 2. The number of nitrogens with zero attached hydrogens (tertiary/aromatic N) is 2. The van der Waals surface area contributed by atoms with Crippen molar-refractivity contribution in [2.75, 3.05) is 19.6 Å². The van der Waals surface area contributed by atoms with Crippen LogP contribution >= 0.6 is 0 Å². The fourth-order valence-corrected chi connectivity index (χ4v) is 11.8. The van der Waals surface area contributed by atoms with Gasteiger partial charge in [0, 0.05) is 36.6 Å². The molecule has 666 valence electrons. The van der Waals surface area contributed by atoms with Gasteiger partial charge in [0.2, 0.25) is 106 Å². The summed E-state index contributed by atoms with van der Waals surface area (Å²) in [4.78, 5) is 256. The van der Waals surface area contributed by atoms with Crippen LogP contribution in [0.2, 0.25) is 0 Å². The van der Waals surface area contributed by atoms with Crippen LogP contribution in [0.15, 0.2) is 49.3 Å². The second-order valence-electron chi connectivity index (χ2n) is 31.4. The number of rotatable bonds is 52. The van der Waals surface area contributed by atoms with Crippen molar-refractivity contribution in [1.29, 1.82) is 0 Å². The lowest BCUT2D eigenvalue weighted by Crippen LogP contribution is -2.61. The fourth-order valence-electron chi connectivity index (χ4n) is 11.8. The van der Waals surface area contributed by atoms with Gasteiger partial charge in [0.1, 0.15) is 84.3 Å². The number of benzene rings is 1. The van der Waals surface area contributed by atoms with Crippen molar-refractivity contribution < 1.29 is 96.5 Å². The number of aromatic nitrogens is 4. The molecule has 43 heteroatoms. The quantitative estimate of drug-likeness (QED) is 0.0250. The van der Waals surface area contributed by atoms with E-state index in [1.54, 1.807) is 81.4 Å². The van der Waals surface area contributed by atoms with Crippen molar-refractivity contribution in [3.05, 3.63) is 66.3 Å². The first-order valence-electron chi connectivity index (χ1n) is 39.7. The molecule has 0 aliphatic rings. The van der Waals surface area contributed by atoms with Crippen molar-refractivity contribution in [1.82, 2.24) is 105 Å². The van der Waals surface area contributed by atoms with Crippen LogP contribution in [0, 0.1) is 29.6 Å². The van der Waals surface area contributed by atoms with Gasteiger partial charge in [0.05, 0.1) is 50.9 Å². The summed E-state index contributed by atoms with van der Waals surface area (Å²) in [6, 6.07) is -12.9. The van der Waals surface area contributed by atoms with Crippen molar-refractivity contribution in [2.45, 2.75) is 252 Å². The normalized spacial score (nSPS) is 15.2. The van der Waals surface area contributed by atoms with Crippen molar-refractivity contribution in [3.63, 3.8) is 0 Å². The number of carbonyl (C=O) groups excluding carboxylic acids is 18. The molecular weight excluding hydrogens is 1570 g/mol. The molecular formula is C77H123N23O20. The highest BCUT2D eigenvalue weighted by molar-refractivity contribution is 6.01. The molecule has 0 fully saturated rings. The van der Waals surface area contributed by atoms with Crippen molar-refractivity contribution in [2.24, 2.45) is 46.8 Å². The maximum Gasteiger partial charge on any atom is 0.245 e. The van der Waals surface area contributed by atoms with Gasteiger partial charge >= 0.3 is 0 Å². The number of hydrogen-bond donors (Lipinski definition) is 23. The van der Waals surface area contributed by atoms with E-state index in [1.165, 1.54) is 71.8 Å². The van der Waals surface area contributed by atoms with E-state index in [9.17, 15) is 96.5 Å². The van der Waals surface area contributed by atoms with Gasteiger partial charge in [-0.25, -0.2) is 9.97 Å². The number of nitrogens with two attached hydrogens (primary N) is 3. The topological polar surface area (TPSA) is 676 Å². The highest BCUT2D eigenvalue weighted by Crippen LogP contribution is 2.16. The Hall–Kier alpha value is -12.2. The van der Waals surface area contributed by atoms with Gasteiger partial charge in [-0.15, -0.1) is 0 Å². The Morgan fingerprint density at radius 3 is 1.17 bits per heavy atom. The Morgan fingerprint density at radius 1 is 0.375 bits per heavy atom. The van der Waals surface area contributed by atoms with Crippen LogP contribution in [0.1, 0.15) is 159 Å². The fraction of sp³-hybridized carbons (Fsp3) is 0.610. The summed E-state index contributed by atoms with van der Waals surface area (Å²) >= 11 is 0. The molecule has 0 saturated heterocycles. The number of aromatic hydroxyl groups is 1. The monoisotopic (exact) mass is 1690 g/mol. The first-order valence-corrected chi connectivity index (χ1v) is 39.7. The average Bonchev–Trinajstić information content (AvgIpc) is 1.34. The molecule has 0 spiro atoms. The van der Waals surface area contributed by atoms with E-state index in [0.29, 0.717) is 17.7 Å². The Kier molecular flexibility index (Phi) is 43.0. The summed E-state index contributed by atoms with van der Waals surface area (Å²) in [5, 5.41) is 59.6. The van der Waals surface area contributed by atoms with Crippen LogP contribution in [0.4, 0.5) is 0 Å². The standard InChI is InChI=1S/C77H123N23O20/c1-16-40(10)62(76(119)98-54(24-39(8)9)75(118)100-63(45(15)101)77(120)93-51(64(80)107)21-36(2)3)99-61(106)33-84-66(109)42(12)89-67(110)43(13)91-71(114)56(27-48-30-82-35-87-48)97-74(117)57(28-58(79)103)92-60(105)32-83-65(108)41(11)88-59(104)31-85-70(113)55(26-47-29-81-34-86-47)96-73(116)53(23-38(6)7)95-72(115)52(22-37(4)5)94-68(111)44(14)90-69(112)50(78)25-46-17-19-49(102)20-18-46/h17-20,29-30,34-45,50-57,62-63,101-102H,16,21-28,31-33,78H2,1-15H3,(H2,79,103)(H2,80,107)(H,81,86)(H,82,87)(H,83,108)(H,84,109)(H,85,113)(H,88,104)(H,89,110)(H,90,112)(H,91,114)(H,92,105)(H,93,120)(H,94,111)(H,95,115)(H,96,116)(H,97,117)(H,98,119)(H,99,106)(H,100,118)/t40-,41-,42-,43-,44-,45+,50-,51-,52-,53-,54-,55-,56-,57-,62-,63-/m0/s1. The first-order chi connectivity index (χ1) is 56.2. The van der Waals surface area contributed by atoms with E-state index in [-0.39, 0.29) is 80.1 Å².